The van der Waals surface area contributed by atoms with Crippen molar-refractivity contribution in [3.63, 3.8) is 0 Å². The van der Waals surface area contributed by atoms with Crippen molar-refractivity contribution in [2.45, 2.75) is 24.3 Å². The molecule has 0 aliphatic carbocycles. The molecule has 1 aliphatic rings. The maximum absolute atomic E-state index is 13.6. The Morgan fingerprint density at radius 1 is 1.32 bits per heavy atom. The second-order valence-electron chi connectivity index (χ2n) is 4.26. The molecule has 0 bridgehead atoms. The molecule has 102 valence electrons. The number of nitrogens with one attached hydrogen (secondary N) is 1. The molecule has 1 heterocycles. The SMILES string of the molecule is CC1C(Br)C(=O)NC(=O)N1Cc1c(F)cccc1F. The van der Waals surface area contributed by atoms with Crippen LogP contribution in [0.25, 0.3) is 0 Å². The van der Waals surface area contributed by atoms with Gasteiger partial charge in [-0.25, -0.2) is 13.6 Å². The van der Waals surface area contributed by atoms with Crippen LogP contribution in [0.15, 0.2) is 18.2 Å². The molecule has 0 aromatic heterocycles. The van der Waals surface area contributed by atoms with E-state index in [4.69, 9.17) is 0 Å². The predicted octanol–water partition coefficient (Wildman–Crippen LogP) is 2.17. The van der Waals surface area contributed by atoms with Crippen molar-refractivity contribution in [2.75, 3.05) is 0 Å². The van der Waals surface area contributed by atoms with Gasteiger partial charge in [0, 0.05) is 5.56 Å². The Bertz CT molecular complexity index is 518. The van der Waals surface area contributed by atoms with Gasteiger partial charge in [0.2, 0.25) is 5.91 Å². The normalized spacial score (nSPS) is 23.5. The number of nitrogens with zero attached hydrogens (tertiary/aromatic N) is 1. The molecule has 0 radical (unpaired) electrons. The summed E-state index contributed by atoms with van der Waals surface area (Å²) < 4.78 is 27.1. The van der Waals surface area contributed by atoms with Gasteiger partial charge < -0.3 is 4.90 Å². The molecular weight excluding hydrogens is 322 g/mol. The highest BCUT2D eigenvalue weighted by atomic mass is 79.9. The molecule has 19 heavy (non-hydrogen) atoms. The molecule has 1 aliphatic heterocycles. The van der Waals surface area contributed by atoms with E-state index in [0.29, 0.717) is 0 Å². The number of hydrogen-bond acceptors (Lipinski definition) is 2. The van der Waals surface area contributed by atoms with Gasteiger partial charge in [-0.15, -0.1) is 0 Å². The smallest absolute Gasteiger partial charge is 0.316 e. The van der Waals surface area contributed by atoms with Crippen molar-refractivity contribution in [1.82, 2.24) is 10.2 Å². The van der Waals surface area contributed by atoms with Crippen LogP contribution in [0.4, 0.5) is 13.6 Å². The molecule has 2 unspecified atom stereocenters. The Morgan fingerprint density at radius 3 is 2.47 bits per heavy atom. The Hall–Kier alpha value is -1.50. The van der Waals surface area contributed by atoms with Crippen molar-refractivity contribution in [3.8, 4) is 0 Å². The van der Waals surface area contributed by atoms with Crippen molar-refractivity contribution in [2.24, 2.45) is 0 Å². The molecule has 2 rings (SSSR count). The number of benzene rings is 1. The molecule has 1 aromatic carbocycles. The van der Waals surface area contributed by atoms with E-state index >= 15 is 0 Å². The highest BCUT2D eigenvalue weighted by Gasteiger charge is 2.37. The fourth-order valence-electron chi connectivity index (χ4n) is 1.88. The van der Waals surface area contributed by atoms with Crippen LogP contribution in [0.3, 0.4) is 0 Å². The van der Waals surface area contributed by atoms with E-state index < -0.39 is 34.4 Å². The number of rotatable bonds is 2. The average Bonchev–Trinajstić information content (AvgIpc) is 2.35. The lowest BCUT2D eigenvalue weighted by atomic mass is 10.1. The van der Waals surface area contributed by atoms with Crippen molar-refractivity contribution >= 4 is 27.9 Å². The number of carbonyl (C=O) groups excluding carboxylic acids is 2. The second-order valence-corrected chi connectivity index (χ2v) is 5.25. The van der Waals surface area contributed by atoms with Crippen molar-refractivity contribution in [3.05, 3.63) is 35.4 Å². The summed E-state index contributed by atoms with van der Waals surface area (Å²) in [7, 11) is 0. The van der Waals surface area contributed by atoms with Gasteiger partial charge in [0.15, 0.2) is 0 Å². The molecule has 1 aromatic rings. The van der Waals surface area contributed by atoms with Crippen LogP contribution in [-0.4, -0.2) is 27.7 Å². The minimum Gasteiger partial charge on any atom is -0.316 e. The van der Waals surface area contributed by atoms with E-state index in [-0.39, 0.29) is 12.1 Å². The highest BCUT2D eigenvalue weighted by Crippen LogP contribution is 2.22. The number of imide groups is 1. The predicted molar refractivity (Wildman–Crippen MR) is 67.6 cm³/mol. The summed E-state index contributed by atoms with van der Waals surface area (Å²) in [5, 5.41) is 2.13. The topological polar surface area (TPSA) is 49.4 Å². The summed E-state index contributed by atoms with van der Waals surface area (Å²) >= 11 is 3.14. The van der Waals surface area contributed by atoms with Gasteiger partial charge in [0.05, 0.1) is 12.6 Å². The number of urea groups is 1. The van der Waals surface area contributed by atoms with Gasteiger partial charge >= 0.3 is 6.03 Å². The fourth-order valence-corrected chi connectivity index (χ4v) is 2.28. The lowest BCUT2D eigenvalue weighted by Gasteiger charge is -2.36. The Balaban J connectivity index is 2.27. The molecule has 1 N–H and O–H groups in total. The highest BCUT2D eigenvalue weighted by molar-refractivity contribution is 9.10. The molecule has 4 nitrogen and oxygen atoms in total. The Morgan fingerprint density at radius 2 is 1.89 bits per heavy atom. The van der Waals surface area contributed by atoms with Crippen LogP contribution in [0.5, 0.6) is 0 Å². The molecule has 2 atom stereocenters. The minimum absolute atomic E-state index is 0.196. The van der Waals surface area contributed by atoms with E-state index in [2.05, 4.69) is 21.2 Å². The summed E-state index contributed by atoms with van der Waals surface area (Å²) in [6.07, 6.45) is 0. The first-order valence-corrected chi connectivity index (χ1v) is 6.52. The van der Waals surface area contributed by atoms with Crippen LogP contribution in [0.1, 0.15) is 12.5 Å². The minimum atomic E-state index is -0.719. The quantitative estimate of drug-likeness (QED) is 0.844. The van der Waals surface area contributed by atoms with Crippen LogP contribution in [-0.2, 0) is 11.3 Å². The van der Waals surface area contributed by atoms with Gasteiger partial charge in [-0.3, -0.25) is 10.1 Å². The van der Waals surface area contributed by atoms with Crippen LogP contribution < -0.4 is 5.32 Å². The Kier molecular flexibility index (Phi) is 3.84. The van der Waals surface area contributed by atoms with E-state index in [1.54, 1.807) is 6.92 Å². The first-order valence-electron chi connectivity index (χ1n) is 5.60. The molecule has 7 heteroatoms. The lowest BCUT2D eigenvalue weighted by Crippen LogP contribution is -2.59. The van der Waals surface area contributed by atoms with Crippen molar-refractivity contribution < 1.29 is 18.4 Å². The average molecular weight is 333 g/mol. The maximum Gasteiger partial charge on any atom is 0.324 e. The fraction of sp³-hybridized carbons (Fsp3) is 0.333. The van der Waals surface area contributed by atoms with Crippen LogP contribution >= 0.6 is 15.9 Å². The van der Waals surface area contributed by atoms with Crippen LogP contribution in [0.2, 0.25) is 0 Å². The second kappa shape index (κ2) is 5.24. The Labute approximate surface area is 116 Å². The third-order valence-electron chi connectivity index (χ3n) is 3.05. The van der Waals surface area contributed by atoms with E-state index in [9.17, 15) is 18.4 Å². The van der Waals surface area contributed by atoms with Crippen LogP contribution in [0, 0.1) is 11.6 Å². The summed E-state index contributed by atoms with van der Waals surface area (Å²) in [5.41, 5.74) is -0.196. The van der Waals surface area contributed by atoms with Gasteiger partial charge in [-0.2, -0.15) is 0 Å². The van der Waals surface area contributed by atoms with E-state index in [0.717, 1.165) is 12.1 Å². The molecule has 0 spiro atoms. The first-order chi connectivity index (χ1) is 8.91. The van der Waals surface area contributed by atoms with Gasteiger partial charge in [-0.1, -0.05) is 22.0 Å². The zero-order chi connectivity index (χ0) is 14.2. The third-order valence-corrected chi connectivity index (χ3v) is 4.23. The largest absolute Gasteiger partial charge is 0.324 e. The number of hydrogen-bond donors (Lipinski definition) is 1. The van der Waals surface area contributed by atoms with E-state index in [1.165, 1.54) is 11.0 Å². The lowest BCUT2D eigenvalue weighted by molar-refractivity contribution is -0.121. The first kappa shape index (κ1) is 13.9. The van der Waals surface area contributed by atoms with Gasteiger partial charge in [-0.05, 0) is 19.1 Å². The number of halogens is 3. The molecular formula is C12H11BrF2N2O2. The molecule has 1 fully saturated rings. The van der Waals surface area contributed by atoms with E-state index in [1.807, 2.05) is 0 Å². The zero-order valence-corrected chi connectivity index (χ0v) is 11.6. The summed E-state index contributed by atoms with van der Waals surface area (Å²) in [5.74, 6) is -1.89. The molecule has 0 saturated carbocycles. The standard InChI is InChI=1S/C12H11BrF2N2O2/c1-6-10(13)11(18)16-12(19)17(6)5-7-8(14)3-2-4-9(7)15/h2-4,6,10H,5H2,1H3,(H,16,18,19). The van der Waals surface area contributed by atoms with Crippen molar-refractivity contribution in [1.29, 1.82) is 0 Å². The number of alkyl halides is 1. The third kappa shape index (κ3) is 2.60. The summed E-state index contributed by atoms with van der Waals surface area (Å²) in [4.78, 5) is 23.7. The monoisotopic (exact) mass is 332 g/mol. The summed E-state index contributed by atoms with van der Waals surface area (Å²) in [6, 6.07) is 2.35. The van der Waals surface area contributed by atoms with Gasteiger partial charge in [0.25, 0.3) is 0 Å². The molecule has 1 saturated heterocycles. The van der Waals surface area contributed by atoms with Gasteiger partial charge in [0.1, 0.15) is 16.5 Å². The molecule has 3 amide bonds. The maximum atomic E-state index is 13.6. The summed E-state index contributed by atoms with van der Waals surface area (Å²) in [6.45, 7) is 1.40. The zero-order valence-electron chi connectivity index (χ0n) is 9.99. The number of carbonyl (C=O) groups is 2. The number of amides is 3.